The van der Waals surface area contributed by atoms with Gasteiger partial charge in [0.05, 0.1) is 0 Å². The standard InChI is InChI=1S/C21H34N2O4/c1-4-17(5-2)23-18(24)12-27-19(25)13(3)22-20(26)21-9-14-6-15(10-21)8-16(7-14)11-21/h13-17H,4-12H2,1-3H3,(H,22,26)(H,23,24)/t13-,14?,15?,16?,21?/m0/s1. The summed E-state index contributed by atoms with van der Waals surface area (Å²) in [5, 5.41) is 5.72. The molecule has 0 spiro atoms. The minimum Gasteiger partial charge on any atom is -0.454 e. The first-order valence-electron chi connectivity index (χ1n) is 10.6. The summed E-state index contributed by atoms with van der Waals surface area (Å²) in [5.74, 6) is 1.20. The van der Waals surface area contributed by atoms with Gasteiger partial charge in [-0.15, -0.1) is 0 Å². The van der Waals surface area contributed by atoms with Crippen molar-refractivity contribution in [2.75, 3.05) is 6.61 Å². The highest BCUT2D eigenvalue weighted by Crippen LogP contribution is 2.60. The van der Waals surface area contributed by atoms with Crippen LogP contribution in [0.1, 0.15) is 72.1 Å². The van der Waals surface area contributed by atoms with E-state index in [4.69, 9.17) is 4.74 Å². The van der Waals surface area contributed by atoms with E-state index in [-0.39, 0.29) is 29.9 Å². The van der Waals surface area contributed by atoms with E-state index in [1.165, 1.54) is 19.3 Å². The number of rotatable bonds is 8. The van der Waals surface area contributed by atoms with Crippen LogP contribution in [0, 0.1) is 23.2 Å². The van der Waals surface area contributed by atoms with Crippen molar-refractivity contribution in [3.63, 3.8) is 0 Å². The van der Waals surface area contributed by atoms with Crippen molar-refractivity contribution in [1.29, 1.82) is 0 Å². The predicted octanol–water partition coefficient (Wildman–Crippen LogP) is 2.56. The SMILES string of the molecule is CCC(CC)NC(=O)COC(=O)[C@H](C)NC(=O)C12CC3CC(CC(C3)C1)C2. The molecule has 4 aliphatic carbocycles. The van der Waals surface area contributed by atoms with Crippen molar-refractivity contribution < 1.29 is 19.1 Å². The lowest BCUT2D eigenvalue weighted by atomic mass is 9.49. The first kappa shape index (κ1) is 20.2. The highest BCUT2D eigenvalue weighted by molar-refractivity contribution is 5.89. The van der Waals surface area contributed by atoms with Crippen LogP contribution in [0.5, 0.6) is 0 Å². The van der Waals surface area contributed by atoms with Crippen molar-refractivity contribution in [2.24, 2.45) is 23.2 Å². The van der Waals surface area contributed by atoms with Gasteiger partial charge in [-0.2, -0.15) is 0 Å². The van der Waals surface area contributed by atoms with Crippen LogP contribution < -0.4 is 10.6 Å². The second kappa shape index (κ2) is 8.19. The van der Waals surface area contributed by atoms with E-state index in [1.54, 1.807) is 6.92 Å². The van der Waals surface area contributed by atoms with Crippen molar-refractivity contribution in [1.82, 2.24) is 10.6 Å². The lowest BCUT2D eigenvalue weighted by molar-refractivity contribution is -0.155. The average molecular weight is 379 g/mol. The van der Waals surface area contributed by atoms with Crippen LogP contribution in [0.4, 0.5) is 0 Å². The first-order chi connectivity index (χ1) is 12.8. The molecular weight excluding hydrogens is 344 g/mol. The summed E-state index contributed by atoms with van der Waals surface area (Å²) in [5.41, 5.74) is -0.282. The maximum Gasteiger partial charge on any atom is 0.328 e. The summed E-state index contributed by atoms with van der Waals surface area (Å²) in [4.78, 5) is 37.1. The molecule has 1 atom stereocenters. The molecule has 4 rings (SSSR count). The molecule has 0 unspecified atom stereocenters. The Morgan fingerprint density at radius 3 is 1.96 bits per heavy atom. The largest absolute Gasteiger partial charge is 0.454 e. The van der Waals surface area contributed by atoms with E-state index in [0.29, 0.717) is 17.8 Å². The van der Waals surface area contributed by atoms with E-state index in [0.717, 1.165) is 32.1 Å². The van der Waals surface area contributed by atoms with Gasteiger partial charge in [0.25, 0.3) is 5.91 Å². The van der Waals surface area contributed by atoms with Gasteiger partial charge in [0.1, 0.15) is 6.04 Å². The second-order valence-electron chi connectivity index (χ2n) is 9.08. The molecule has 2 N–H and O–H groups in total. The molecule has 152 valence electrons. The molecule has 0 saturated heterocycles. The van der Waals surface area contributed by atoms with Gasteiger partial charge in [0.15, 0.2) is 6.61 Å². The fourth-order valence-corrected chi connectivity index (χ4v) is 5.82. The van der Waals surface area contributed by atoms with Crippen molar-refractivity contribution in [3.05, 3.63) is 0 Å². The minimum atomic E-state index is -0.730. The third kappa shape index (κ3) is 4.46. The Kier molecular flexibility index (Phi) is 6.11. The number of amides is 2. The molecule has 4 aliphatic rings. The van der Waals surface area contributed by atoms with Crippen LogP contribution >= 0.6 is 0 Å². The zero-order valence-corrected chi connectivity index (χ0v) is 16.9. The first-order valence-corrected chi connectivity index (χ1v) is 10.6. The number of ether oxygens (including phenoxy) is 1. The highest BCUT2D eigenvalue weighted by Gasteiger charge is 2.54. The maximum atomic E-state index is 13.0. The van der Waals surface area contributed by atoms with Gasteiger partial charge in [-0.25, -0.2) is 4.79 Å². The van der Waals surface area contributed by atoms with Gasteiger partial charge >= 0.3 is 5.97 Å². The molecule has 0 aromatic rings. The molecule has 6 nitrogen and oxygen atoms in total. The number of carbonyl (C=O) groups is 3. The number of nitrogens with one attached hydrogen (secondary N) is 2. The predicted molar refractivity (Wildman–Crippen MR) is 102 cm³/mol. The molecule has 6 heteroatoms. The van der Waals surface area contributed by atoms with Gasteiger partial charge < -0.3 is 15.4 Å². The average Bonchev–Trinajstić information content (AvgIpc) is 2.62. The van der Waals surface area contributed by atoms with Crippen LogP contribution in [0.2, 0.25) is 0 Å². The topological polar surface area (TPSA) is 84.5 Å². The molecule has 4 fully saturated rings. The van der Waals surface area contributed by atoms with Gasteiger partial charge in [-0.05, 0) is 76.0 Å². The Morgan fingerprint density at radius 1 is 0.963 bits per heavy atom. The summed E-state index contributed by atoms with van der Waals surface area (Å²) in [6.45, 7) is 5.34. The number of hydrogen-bond donors (Lipinski definition) is 2. The van der Waals surface area contributed by atoms with E-state index in [1.807, 2.05) is 13.8 Å². The molecule has 0 heterocycles. The molecule has 0 aromatic heterocycles. The van der Waals surface area contributed by atoms with Crippen molar-refractivity contribution >= 4 is 17.8 Å². The van der Waals surface area contributed by atoms with Gasteiger partial charge in [-0.1, -0.05) is 13.8 Å². The van der Waals surface area contributed by atoms with Crippen molar-refractivity contribution in [2.45, 2.75) is 84.2 Å². The summed E-state index contributed by atoms with van der Waals surface area (Å²) in [6.07, 6.45) is 8.39. The third-order valence-corrected chi connectivity index (χ3v) is 6.92. The molecule has 27 heavy (non-hydrogen) atoms. The Labute approximate surface area is 162 Å². The van der Waals surface area contributed by atoms with E-state index < -0.39 is 12.0 Å². The number of esters is 1. The van der Waals surface area contributed by atoms with Crippen LogP contribution in [0.15, 0.2) is 0 Å². The van der Waals surface area contributed by atoms with Crippen LogP contribution in [0.3, 0.4) is 0 Å². The molecular formula is C21H34N2O4. The lowest BCUT2D eigenvalue weighted by Crippen LogP contribution is -2.56. The van der Waals surface area contributed by atoms with Crippen LogP contribution in [-0.2, 0) is 19.1 Å². The Balaban J connectivity index is 1.47. The molecule has 4 bridgehead atoms. The van der Waals surface area contributed by atoms with Crippen molar-refractivity contribution in [3.8, 4) is 0 Å². The second-order valence-corrected chi connectivity index (χ2v) is 9.08. The lowest BCUT2D eigenvalue weighted by Gasteiger charge is -2.55. The summed E-state index contributed by atoms with van der Waals surface area (Å²) < 4.78 is 5.11. The molecule has 0 radical (unpaired) electrons. The molecule has 4 saturated carbocycles. The zero-order valence-electron chi connectivity index (χ0n) is 16.9. The monoisotopic (exact) mass is 378 g/mol. The van der Waals surface area contributed by atoms with E-state index >= 15 is 0 Å². The summed E-state index contributed by atoms with van der Waals surface area (Å²) in [7, 11) is 0. The Bertz CT molecular complexity index is 549. The van der Waals surface area contributed by atoms with Gasteiger partial charge in [0, 0.05) is 11.5 Å². The fourth-order valence-electron chi connectivity index (χ4n) is 5.82. The van der Waals surface area contributed by atoms with E-state index in [2.05, 4.69) is 10.6 Å². The number of carbonyl (C=O) groups excluding carboxylic acids is 3. The Hall–Kier alpha value is -1.59. The fraction of sp³-hybridized carbons (Fsp3) is 0.857. The third-order valence-electron chi connectivity index (χ3n) is 6.92. The molecule has 0 aromatic carbocycles. The summed E-state index contributed by atoms with van der Waals surface area (Å²) in [6, 6.07) is -0.629. The van der Waals surface area contributed by atoms with Crippen LogP contribution in [0.25, 0.3) is 0 Å². The summed E-state index contributed by atoms with van der Waals surface area (Å²) >= 11 is 0. The van der Waals surface area contributed by atoms with Gasteiger partial charge in [-0.3, -0.25) is 9.59 Å². The van der Waals surface area contributed by atoms with E-state index in [9.17, 15) is 14.4 Å². The highest BCUT2D eigenvalue weighted by atomic mass is 16.5. The minimum absolute atomic E-state index is 0.00697. The Morgan fingerprint density at radius 2 is 1.48 bits per heavy atom. The molecule has 0 aliphatic heterocycles. The number of hydrogen-bond acceptors (Lipinski definition) is 4. The van der Waals surface area contributed by atoms with Gasteiger partial charge in [0.2, 0.25) is 5.91 Å². The smallest absolute Gasteiger partial charge is 0.328 e. The quantitative estimate of drug-likeness (QED) is 0.636. The zero-order chi connectivity index (χ0) is 19.6. The van der Waals surface area contributed by atoms with Crippen LogP contribution in [-0.4, -0.2) is 36.5 Å². The maximum absolute atomic E-state index is 13.0. The normalized spacial score (nSPS) is 32.2. The molecule has 2 amide bonds.